The van der Waals surface area contributed by atoms with Gasteiger partial charge in [0, 0.05) is 13.2 Å². The summed E-state index contributed by atoms with van der Waals surface area (Å²) < 4.78 is 5.41. The number of carbonyl (C=O) groups excluding carboxylic acids is 1. The minimum Gasteiger partial charge on any atom is -0.481 e. The summed E-state index contributed by atoms with van der Waals surface area (Å²) in [7, 11) is 0. The minimum absolute atomic E-state index is 0.00667. The van der Waals surface area contributed by atoms with Gasteiger partial charge in [-0.05, 0) is 25.0 Å². The summed E-state index contributed by atoms with van der Waals surface area (Å²) >= 11 is 0. The van der Waals surface area contributed by atoms with Crippen LogP contribution in [-0.2, 0) is 14.3 Å². The van der Waals surface area contributed by atoms with Crippen LogP contribution < -0.4 is 4.90 Å². The van der Waals surface area contributed by atoms with E-state index in [4.69, 9.17) is 9.84 Å². The summed E-state index contributed by atoms with van der Waals surface area (Å²) in [5.74, 6) is -2.01. The van der Waals surface area contributed by atoms with Gasteiger partial charge in [-0.2, -0.15) is 5.26 Å². The van der Waals surface area contributed by atoms with Crippen molar-refractivity contribution >= 4 is 17.6 Å². The molecule has 1 fully saturated rings. The summed E-state index contributed by atoms with van der Waals surface area (Å²) in [6, 6.07) is 8.73. The average molecular weight is 302 g/mol. The maximum atomic E-state index is 12.7. The van der Waals surface area contributed by atoms with Crippen LogP contribution in [-0.4, -0.2) is 36.2 Å². The van der Waals surface area contributed by atoms with Gasteiger partial charge in [-0.3, -0.25) is 9.59 Å². The molecule has 0 spiro atoms. The Labute approximate surface area is 128 Å². The standard InChI is InChI=1S/C16H18N2O4/c1-11(16(20)21)10-18(15(19)14-7-4-8-22-14)13-6-3-2-5-12(13)9-17/h2-3,5-6,11,14H,4,7-8,10H2,1H3,(H,20,21). The predicted molar refractivity (Wildman–Crippen MR) is 79.3 cm³/mol. The summed E-state index contributed by atoms with van der Waals surface area (Å²) in [5, 5.41) is 18.3. The van der Waals surface area contributed by atoms with Gasteiger partial charge in [0.15, 0.2) is 0 Å². The van der Waals surface area contributed by atoms with Crippen molar-refractivity contribution in [2.45, 2.75) is 25.9 Å². The van der Waals surface area contributed by atoms with E-state index in [1.807, 2.05) is 6.07 Å². The zero-order chi connectivity index (χ0) is 16.1. The molecule has 2 unspecified atom stereocenters. The van der Waals surface area contributed by atoms with E-state index in [0.717, 1.165) is 6.42 Å². The molecule has 1 aromatic rings. The van der Waals surface area contributed by atoms with E-state index in [9.17, 15) is 14.9 Å². The molecule has 1 heterocycles. The first-order valence-corrected chi connectivity index (χ1v) is 7.19. The third-order valence-corrected chi connectivity index (χ3v) is 3.66. The van der Waals surface area contributed by atoms with Crippen molar-refractivity contribution in [3.05, 3.63) is 29.8 Å². The molecule has 1 amide bonds. The average Bonchev–Trinajstić information content (AvgIpc) is 3.06. The number of anilines is 1. The second kappa shape index (κ2) is 7.05. The number of hydrogen-bond acceptors (Lipinski definition) is 4. The number of carboxylic acids is 1. The van der Waals surface area contributed by atoms with Crippen LogP contribution in [0.25, 0.3) is 0 Å². The first-order chi connectivity index (χ1) is 10.5. The lowest BCUT2D eigenvalue weighted by Crippen LogP contribution is -2.43. The fourth-order valence-electron chi connectivity index (χ4n) is 2.41. The maximum Gasteiger partial charge on any atom is 0.308 e. The Balaban J connectivity index is 2.34. The monoisotopic (exact) mass is 302 g/mol. The fraction of sp³-hybridized carbons (Fsp3) is 0.438. The van der Waals surface area contributed by atoms with Crippen LogP contribution in [0.15, 0.2) is 24.3 Å². The van der Waals surface area contributed by atoms with Gasteiger partial charge in [-0.15, -0.1) is 0 Å². The zero-order valence-electron chi connectivity index (χ0n) is 12.4. The molecule has 6 heteroatoms. The van der Waals surface area contributed by atoms with E-state index < -0.39 is 18.0 Å². The summed E-state index contributed by atoms with van der Waals surface area (Å²) in [5.41, 5.74) is 0.769. The molecule has 0 aromatic heterocycles. The van der Waals surface area contributed by atoms with E-state index in [0.29, 0.717) is 24.3 Å². The number of benzene rings is 1. The number of carbonyl (C=O) groups is 2. The van der Waals surface area contributed by atoms with Crippen molar-refractivity contribution in [1.82, 2.24) is 0 Å². The van der Waals surface area contributed by atoms with E-state index in [-0.39, 0.29) is 12.5 Å². The molecule has 2 rings (SSSR count). The van der Waals surface area contributed by atoms with Crippen molar-refractivity contribution in [2.75, 3.05) is 18.1 Å². The fourth-order valence-corrected chi connectivity index (χ4v) is 2.41. The van der Waals surface area contributed by atoms with Crippen LogP contribution in [0.4, 0.5) is 5.69 Å². The number of aliphatic carboxylic acids is 1. The number of rotatable bonds is 5. The molecule has 116 valence electrons. The van der Waals surface area contributed by atoms with Crippen LogP contribution in [0.2, 0.25) is 0 Å². The van der Waals surface area contributed by atoms with Gasteiger partial charge in [-0.1, -0.05) is 19.1 Å². The number of para-hydroxylation sites is 1. The third-order valence-electron chi connectivity index (χ3n) is 3.66. The van der Waals surface area contributed by atoms with Gasteiger partial charge in [-0.25, -0.2) is 0 Å². The molecule has 0 bridgehead atoms. The molecule has 0 radical (unpaired) electrons. The van der Waals surface area contributed by atoms with Crippen molar-refractivity contribution in [3.8, 4) is 6.07 Å². The highest BCUT2D eigenvalue weighted by Gasteiger charge is 2.32. The van der Waals surface area contributed by atoms with Gasteiger partial charge < -0.3 is 14.7 Å². The van der Waals surface area contributed by atoms with Crippen LogP contribution in [0, 0.1) is 17.2 Å². The maximum absolute atomic E-state index is 12.7. The van der Waals surface area contributed by atoms with Gasteiger partial charge in [0.05, 0.1) is 17.2 Å². The highest BCUT2D eigenvalue weighted by molar-refractivity contribution is 5.98. The van der Waals surface area contributed by atoms with Crippen LogP contribution in [0.5, 0.6) is 0 Å². The molecule has 6 nitrogen and oxygen atoms in total. The Hall–Kier alpha value is -2.39. The molecule has 1 aliphatic heterocycles. The van der Waals surface area contributed by atoms with Crippen molar-refractivity contribution < 1.29 is 19.4 Å². The topological polar surface area (TPSA) is 90.6 Å². The third kappa shape index (κ3) is 3.43. The normalized spacial score (nSPS) is 18.5. The second-order valence-electron chi connectivity index (χ2n) is 5.32. The highest BCUT2D eigenvalue weighted by atomic mass is 16.5. The Bertz CT molecular complexity index is 602. The number of amides is 1. The molecule has 1 aromatic carbocycles. The molecule has 1 aliphatic rings. The van der Waals surface area contributed by atoms with Gasteiger partial charge in [0.1, 0.15) is 12.2 Å². The van der Waals surface area contributed by atoms with Gasteiger partial charge in [0.2, 0.25) is 0 Å². The lowest BCUT2D eigenvalue weighted by atomic mass is 10.1. The first kappa shape index (κ1) is 16.0. The number of carboxylic acid groups (broad SMARTS) is 1. The van der Waals surface area contributed by atoms with E-state index in [1.165, 1.54) is 11.8 Å². The molecule has 22 heavy (non-hydrogen) atoms. The van der Waals surface area contributed by atoms with Crippen LogP contribution >= 0.6 is 0 Å². The zero-order valence-corrected chi connectivity index (χ0v) is 12.4. The van der Waals surface area contributed by atoms with Crippen LogP contribution in [0.1, 0.15) is 25.3 Å². The Morgan fingerprint density at radius 2 is 2.23 bits per heavy atom. The van der Waals surface area contributed by atoms with Gasteiger partial charge >= 0.3 is 5.97 Å². The van der Waals surface area contributed by atoms with Crippen LogP contribution in [0.3, 0.4) is 0 Å². The lowest BCUT2D eigenvalue weighted by molar-refractivity contribution is -0.140. The second-order valence-corrected chi connectivity index (χ2v) is 5.32. The number of hydrogen-bond donors (Lipinski definition) is 1. The molecule has 2 atom stereocenters. The number of nitriles is 1. The largest absolute Gasteiger partial charge is 0.481 e. The highest BCUT2D eigenvalue weighted by Crippen LogP contribution is 2.24. The summed E-state index contributed by atoms with van der Waals surface area (Å²) in [6.07, 6.45) is 0.858. The lowest BCUT2D eigenvalue weighted by Gasteiger charge is -2.27. The molecular formula is C16H18N2O4. The number of nitrogens with zero attached hydrogens (tertiary/aromatic N) is 2. The Morgan fingerprint density at radius 1 is 1.50 bits per heavy atom. The van der Waals surface area contributed by atoms with E-state index in [1.54, 1.807) is 24.3 Å². The summed E-state index contributed by atoms with van der Waals surface area (Å²) in [4.78, 5) is 25.2. The minimum atomic E-state index is -0.987. The molecule has 0 aliphatic carbocycles. The molecule has 0 saturated carbocycles. The smallest absolute Gasteiger partial charge is 0.308 e. The van der Waals surface area contributed by atoms with Crippen molar-refractivity contribution in [1.29, 1.82) is 5.26 Å². The molecule has 1 saturated heterocycles. The van der Waals surface area contributed by atoms with Crippen molar-refractivity contribution in [3.63, 3.8) is 0 Å². The van der Waals surface area contributed by atoms with Gasteiger partial charge in [0.25, 0.3) is 5.91 Å². The number of ether oxygens (including phenoxy) is 1. The SMILES string of the molecule is CC(CN(C(=O)C1CCCO1)c1ccccc1C#N)C(=O)O. The summed E-state index contributed by atoms with van der Waals surface area (Å²) in [6.45, 7) is 2.07. The predicted octanol–water partition coefficient (Wildman–Crippen LogP) is 1.79. The quantitative estimate of drug-likeness (QED) is 0.895. The Morgan fingerprint density at radius 3 is 2.82 bits per heavy atom. The molecular weight excluding hydrogens is 284 g/mol. The van der Waals surface area contributed by atoms with E-state index in [2.05, 4.69) is 0 Å². The van der Waals surface area contributed by atoms with Crippen molar-refractivity contribution in [2.24, 2.45) is 5.92 Å². The van der Waals surface area contributed by atoms with E-state index >= 15 is 0 Å². The Kier molecular flexibility index (Phi) is 5.12. The first-order valence-electron chi connectivity index (χ1n) is 7.19. The molecule has 1 N–H and O–H groups in total.